The molecule has 0 fully saturated rings. The number of benzene rings is 1. The molecule has 1 aromatic carbocycles. The fourth-order valence-corrected chi connectivity index (χ4v) is 2.69. The van der Waals surface area contributed by atoms with Gasteiger partial charge in [0.2, 0.25) is 0 Å². The van der Waals surface area contributed by atoms with Crippen molar-refractivity contribution in [2.75, 3.05) is 11.9 Å². The molecule has 0 bridgehead atoms. The second-order valence-electron chi connectivity index (χ2n) is 4.52. The molecule has 0 radical (unpaired) electrons. The Hall–Kier alpha value is -2.09. The summed E-state index contributed by atoms with van der Waals surface area (Å²) in [5, 5.41) is 13.4. The lowest BCUT2D eigenvalue weighted by molar-refractivity contribution is 0.103. The third kappa shape index (κ3) is 4.19. The molecule has 2 rings (SSSR count). The van der Waals surface area contributed by atoms with Gasteiger partial charge in [0.1, 0.15) is 11.5 Å². The molecule has 2 aromatic rings. The van der Waals surface area contributed by atoms with Gasteiger partial charge in [-0.15, -0.1) is 11.3 Å². The summed E-state index contributed by atoms with van der Waals surface area (Å²) in [5.74, 6) is 5.18. The van der Waals surface area contributed by atoms with Gasteiger partial charge in [0, 0.05) is 11.3 Å². The van der Waals surface area contributed by atoms with Crippen molar-refractivity contribution < 1.29 is 9.90 Å². The Morgan fingerprint density at radius 2 is 2.05 bits per heavy atom. The van der Waals surface area contributed by atoms with Crippen molar-refractivity contribution in [2.24, 2.45) is 0 Å². The fourth-order valence-electron chi connectivity index (χ4n) is 1.95. The molecular weight excluding hydrogens is 282 g/mol. The van der Waals surface area contributed by atoms with E-state index in [1.54, 1.807) is 6.07 Å². The predicted octanol–water partition coefficient (Wildman–Crippen LogP) is 3.30. The number of rotatable bonds is 4. The Labute approximate surface area is 128 Å². The SMILES string of the molecule is CCCc1ccc(NC(=O)c2sccc2C#CCO)cc1. The van der Waals surface area contributed by atoms with Crippen molar-refractivity contribution in [3.8, 4) is 11.8 Å². The molecule has 21 heavy (non-hydrogen) atoms. The van der Waals surface area contributed by atoms with Crippen molar-refractivity contribution in [1.82, 2.24) is 0 Å². The van der Waals surface area contributed by atoms with Crippen LogP contribution in [0.4, 0.5) is 5.69 Å². The van der Waals surface area contributed by atoms with E-state index in [9.17, 15) is 4.79 Å². The van der Waals surface area contributed by atoms with Crippen LogP contribution in [-0.4, -0.2) is 17.6 Å². The number of aliphatic hydroxyl groups is 1. The van der Waals surface area contributed by atoms with E-state index in [1.165, 1.54) is 16.9 Å². The highest BCUT2D eigenvalue weighted by atomic mass is 32.1. The van der Waals surface area contributed by atoms with E-state index in [0.717, 1.165) is 18.5 Å². The summed E-state index contributed by atoms with van der Waals surface area (Å²) in [7, 11) is 0. The maximum atomic E-state index is 12.2. The summed E-state index contributed by atoms with van der Waals surface area (Å²) in [6, 6.07) is 9.66. The number of thiophene rings is 1. The molecule has 0 unspecified atom stereocenters. The monoisotopic (exact) mass is 299 g/mol. The molecular formula is C17H17NO2S. The molecule has 1 aromatic heterocycles. The Balaban J connectivity index is 2.09. The number of amides is 1. The second-order valence-corrected chi connectivity index (χ2v) is 5.44. The van der Waals surface area contributed by atoms with Crippen LogP contribution < -0.4 is 5.32 Å². The van der Waals surface area contributed by atoms with E-state index in [2.05, 4.69) is 24.1 Å². The number of anilines is 1. The zero-order valence-corrected chi connectivity index (χ0v) is 12.7. The Morgan fingerprint density at radius 3 is 2.71 bits per heavy atom. The highest BCUT2D eigenvalue weighted by Crippen LogP contribution is 2.18. The molecule has 3 nitrogen and oxygen atoms in total. The minimum atomic E-state index is -0.213. The number of nitrogens with one attached hydrogen (secondary N) is 1. The van der Waals surface area contributed by atoms with E-state index in [1.807, 2.05) is 29.6 Å². The molecule has 1 amide bonds. The molecule has 0 saturated carbocycles. The van der Waals surface area contributed by atoms with Gasteiger partial charge >= 0.3 is 0 Å². The fraction of sp³-hybridized carbons (Fsp3) is 0.235. The zero-order chi connectivity index (χ0) is 15.1. The van der Waals surface area contributed by atoms with Crippen LogP contribution >= 0.6 is 11.3 Å². The van der Waals surface area contributed by atoms with Crippen molar-refractivity contribution in [2.45, 2.75) is 19.8 Å². The normalized spacial score (nSPS) is 9.81. The number of aryl methyl sites for hydroxylation is 1. The third-order valence-corrected chi connectivity index (χ3v) is 3.84. The molecule has 0 saturated heterocycles. The maximum absolute atomic E-state index is 12.2. The van der Waals surface area contributed by atoms with Crippen LogP contribution in [0.1, 0.15) is 34.1 Å². The van der Waals surface area contributed by atoms with Gasteiger partial charge in [-0.3, -0.25) is 4.79 Å². The molecule has 0 spiro atoms. The smallest absolute Gasteiger partial charge is 0.267 e. The molecule has 0 aliphatic rings. The molecule has 0 aliphatic carbocycles. The summed E-state index contributed by atoms with van der Waals surface area (Å²) in [5.41, 5.74) is 2.68. The van der Waals surface area contributed by atoms with Gasteiger partial charge in [0.15, 0.2) is 0 Å². The first-order valence-corrected chi connectivity index (χ1v) is 7.70. The summed E-state index contributed by atoms with van der Waals surface area (Å²) in [4.78, 5) is 12.8. The van der Waals surface area contributed by atoms with E-state index in [4.69, 9.17) is 5.11 Å². The summed E-state index contributed by atoms with van der Waals surface area (Å²) in [6.07, 6.45) is 2.15. The molecule has 4 heteroatoms. The van der Waals surface area contributed by atoms with Crippen LogP contribution in [0, 0.1) is 11.8 Å². The van der Waals surface area contributed by atoms with Gasteiger partial charge in [-0.05, 0) is 35.6 Å². The molecule has 108 valence electrons. The Morgan fingerprint density at radius 1 is 1.29 bits per heavy atom. The number of carbonyl (C=O) groups excluding carboxylic acids is 1. The van der Waals surface area contributed by atoms with E-state index in [0.29, 0.717) is 10.4 Å². The highest BCUT2D eigenvalue weighted by Gasteiger charge is 2.12. The largest absolute Gasteiger partial charge is 0.384 e. The first kappa shape index (κ1) is 15.3. The number of hydrogen-bond donors (Lipinski definition) is 2. The molecule has 0 aliphatic heterocycles. The van der Waals surface area contributed by atoms with Crippen LogP contribution in [0.5, 0.6) is 0 Å². The number of carbonyl (C=O) groups is 1. The van der Waals surface area contributed by atoms with Gasteiger partial charge < -0.3 is 10.4 Å². The summed E-state index contributed by atoms with van der Waals surface area (Å²) < 4.78 is 0. The van der Waals surface area contributed by atoms with Crippen molar-refractivity contribution >= 4 is 22.9 Å². The second kappa shape index (κ2) is 7.63. The van der Waals surface area contributed by atoms with Crippen LogP contribution in [-0.2, 0) is 6.42 Å². The standard InChI is InChI=1S/C17H17NO2S/c1-2-4-13-6-8-15(9-7-13)18-17(20)16-14(5-3-11-19)10-12-21-16/h6-10,12,19H,2,4,11H2,1H3,(H,18,20). The van der Waals surface area contributed by atoms with Crippen molar-refractivity contribution in [3.63, 3.8) is 0 Å². The van der Waals surface area contributed by atoms with Crippen LogP contribution in [0.15, 0.2) is 35.7 Å². The third-order valence-electron chi connectivity index (χ3n) is 2.92. The number of hydrogen-bond acceptors (Lipinski definition) is 3. The van der Waals surface area contributed by atoms with Gasteiger partial charge in [0.05, 0.1) is 0 Å². The van der Waals surface area contributed by atoms with E-state index in [-0.39, 0.29) is 12.5 Å². The summed E-state index contributed by atoms with van der Waals surface area (Å²) >= 11 is 1.34. The molecule has 2 N–H and O–H groups in total. The lowest BCUT2D eigenvalue weighted by Gasteiger charge is -2.05. The topological polar surface area (TPSA) is 49.3 Å². The summed E-state index contributed by atoms with van der Waals surface area (Å²) in [6.45, 7) is 1.93. The lowest BCUT2D eigenvalue weighted by atomic mass is 10.1. The quantitative estimate of drug-likeness (QED) is 0.851. The van der Waals surface area contributed by atoms with Gasteiger partial charge in [-0.2, -0.15) is 0 Å². The highest BCUT2D eigenvalue weighted by molar-refractivity contribution is 7.12. The average molecular weight is 299 g/mol. The lowest BCUT2D eigenvalue weighted by Crippen LogP contribution is -2.11. The van der Waals surface area contributed by atoms with Crippen LogP contribution in [0.3, 0.4) is 0 Å². The predicted molar refractivity (Wildman–Crippen MR) is 86.7 cm³/mol. The molecule has 0 atom stereocenters. The maximum Gasteiger partial charge on any atom is 0.267 e. The average Bonchev–Trinajstić information content (AvgIpc) is 2.96. The van der Waals surface area contributed by atoms with E-state index >= 15 is 0 Å². The minimum Gasteiger partial charge on any atom is -0.384 e. The Kier molecular flexibility index (Phi) is 5.56. The van der Waals surface area contributed by atoms with Crippen LogP contribution in [0.2, 0.25) is 0 Å². The van der Waals surface area contributed by atoms with Crippen LogP contribution in [0.25, 0.3) is 0 Å². The first-order valence-electron chi connectivity index (χ1n) is 6.82. The minimum absolute atomic E-state index is 0.171. The van der Waals surface area contributed by atoms with Gasteiger partial charge in [-0.1, -0.05) is 37.3 Å². The zero-order valence-electron chi connectivity index (χ0n) is 11.8. The van der Waals surface area contributed by atoms with Crippen molar-refractivity contribution in [3.05, 3.63) is 51.7 Å². The molecule has 1 heterocycles. The number of aliphatic hydroxyl groups excluding tert-OH is 1. The Bertz CT molecular complexity index is 662. The first-order chi connectivity index (χ1) is 10.2. The van der Waals surface area contributed by atoms with Crippen molar-refractivity contribution in [1.29, 1.82) is 0 Å². The van der Waals surface area contributed by atoms with E-state index < -0.39 is 0 Å². The van der Waals surface area contributed by atoms with Gasteiger partial charge in [0.25, 0.3) is 5.91 Å². The van der Waals surface area contributed by atoms with Gasteiger partial charge in [-0.25, -0.2) is 0 Å².